The summed E-state index contributed by atoms with van der Waals surface area (Å²) in [6.45, 7) is 3.64. The number of carboxylic acid groups (broad SMARTS) is 1. The highest BCUT2D eigenvalue weighted by molar-refractivity contribution is 8.04. The highest BCUT2D eigenvalue weighted by Crippen LogP contribution is 2.38. The van der Waals surface area contributed by atoms with Crippen molar-refractivity contribution < 1.29 is 9.90 Å². The Kier molecular flexibility index (Phi) is 2.47. The first kappa shape index (κ1) is 9.54. The topological polar surface area (TPSA) is 53.4 Å². The van der Waals surface area contributed by atoms with E-state index >= 15 is 0 Å². The van der Waals surface area contributed by atoms with Crippen molar-refractivity contribution in [1.29, 1.82) is 0 Å². The maximum atomic E-state index is 10.8. The van der Waals surface area contributed by atoms with Gasteiger partial charge in [0.05, 0.1) is 12.1 Å². The zero-order valence-corrected chi connectivity index (χ0v) is 8.85. The van der Waals surface area contributed by atoms with E-state index in [9.17, 15) is 4.79 Å². The van der Waals surface area contributed by atoms with Gasteiger partial charge in [0.2, 0.25) is 0 Å². The molecule has 1 aliphatic rings. The first-order valence-electron chi connectivity index (χ1n) is 3.76. The molecular formula is C8H6N2O2S2. The number of carboxylic acids is 1. The van der Waals surface area contributed by atoms with E-state index < -0.39 is 5.97 Å². The molecule has 6 heteroatoms. The molecule has 2 radical (unpaired) electrons. The first-order valence-corrected chi connectivity index (χ1v) is 5.41. The lowest BCUT2D eigenvalue weighted by molar-refractivity contribution is 0.0692. The van der Waals surface area contributed by atoms with E-state index in [1.54, 1.807) is 10.8 Å². The molecule has 0 amide bonds. The second-order valence-electron chi connectivity index (χ2n) is 2.56. The standard InChI is InChI=1S/C8H6N2O2S2/c1-5-2-3-10(14-5)7-6(8(11)12)9-4-13-7/h3-4H,1H3,(H,11,12). The predicted molar refractivity (Wildman–Crippen MR) is 55.9 cm³/mol. The SMILES string of the molecule is CC1=[C][CH]N(c2scnc2C(=O)O)S1. The van der Waals surface area contributed by atoms with E-state index in [0.29, 0.717) is 5.00 Å². The van der Waals surface area contributed by atoms with E-state index in [0.717, 1.165) is 4.91 Å². The summed E-state index contributed by atoms with van der Waals surface area (Å²) >= 11 is 2.75. The smallest absolute Gasteiger partial charge is 0.357 e. The van der Waals surface area contributed by atoms with Gasteiger partial charge in [-0.2, -0.15) is 0 Å². The molecule has 0 bridgehead atoms. The van der Waals surface area contributed by atoms with Crippen molar-refractivity contribution in [3.8, 4) is 0 Å². The first-order chi connectivity index (χ1) is 6.68. The van der Waals surface area contributed by atoms with Crippen LogP contribution in [0.4, 0.5) is 5.00 Å². The van der Waals surface area contributed by atoms with E-state index in [4.69, 9.17) is 5.11 Å². The van der Waals surface area contributed by atoms with E-state index in [2.05, 4.69) is 11.1 Å². The van der Waals surface area contributed by atoms with Gasteiger partial charge >= 0.3 is 5.97 Å². The molecule has 0 unspecified atom stereocenters. The highest BCUT2D eigenvalue weighted by Gasteiger charge is 2.22. The van der Waals surface area contributed by atoms with Crippen molar-refractivity contribution in [3.05, 3.63) is 28.7 Å². The zero-order chi connectivity index (χ0) is 10.1. The number of aromatic nitrogens is 1. The van der Waals surface area contributed by atoms with E-state index in [1.807, 2.05) is 6.92 Å². The summed E-state index contributed by atoms with van der Waals surface area (Å²) in [6.07, 6.45) is 2.99. The summed E-state index contributed by atoms with van der Waals surface area (Å²) in [5, 5.41) is 9.48. The van der Waals surface area contributed by atoms with Crippen LogP contribution in [0.1, 0.15) is 17.4 Å². The molecular weight excluding hydrogens is 220 g/mol. The normalized spacial score (nSPS) is 15.8. The number of aromatic carboxylic acids is 1. The van der Waals surface area contributed by atoms with Crippen LogP contribution in [0.25, 0.3) is 0 Å². The van der Waals surface area contributed by atoms with Crippen molar-refractivity contribution in [2.75, 3.05) is 4.31 Å². The van der Waals surface area contributed by atoms with Gasteiger partial charge in [-0.25, -0.2) is 9.78 Å². The number of allylic oxidation sites excluding steroid dienone is 1. The summed E-state index contributed by atoms with van der Waals surface area (Å²) < 4.78 is 1.76. The fourth-order valence-corrected chi connectivity index (χ4v) is 2.58. The summed E-state index contributed by atoms with van der Waals surface area (Å²) in [4.78, 5) is 15.6. The molecule has 72 valence electrons. The molecule has 0 saturated carbocycles. The third-order valence-corrected chi connectivity index (χ3v) is 3.39. The van der Waals surface area contributed by atoms with Crippen LogP contribution in [-0.4, -0.2) is 16.1 Å². The summed E-state index contributed by atoms with van der Waals surface area (Å²) in [5.74, 6) is -1.00. The van der Waals surface area contributed by atoms with Gasteiger partial charge in [0.1, 0.15) is 5.00 Å². The molecule has 0 fully saturated rings. The lowest BCUT2D eigenvalue weighted by Gasteiger charge is -2.13. The predicted octanol–water partition coefficient (Wildman–Crippen LogP) is 2.18. The second-order valence-corrected chi connectivity index (χ2v) is 4.58. The van der Waals surface area contributed by atoms with E-state index in [-0.39, 0.29) is 5.69 Å². The molecule has 2 heterocycles. The van der Waals surface area contributed by atoms with E-state index in [1.165, 1.54) is 28.8 Å². The number of hydrogen-bond donors (Lipinski definition) is 1. The number of anilines is 1. The average Bonchev–Trinajstić information content (AvgIpc) is 2.70. The van der Waals surface area contributed by atoms with Crippen molar-refractivity contribution >= 4 is 34.3 Å². The Balaban J connectivity index is 2.25. The summed E-state index contributed by atoms with van der Waals surface area (Å²) in [7, 11) is 0. The van der Waals surface area contributed by atoms with Gasteiger partial charge in [0.15, 0.2) is 5.69 Å². The summed E-state index contributed by atoms with van der Waals surface area (Å²) in [5.41, 5.74) is 1.62. The molecule has 1 aromatic rings. The van der Waals surface area contributed by atoms with Crippen molar-refractivity contribution in [1.82, 2.24) is 4.98 Å². The maximum absolute atomic E-state index is 10.8. The molecule has 1 aliphatic heterocycles. The van der Waals surface area contributed by atoms with Gasteiger partial charge < -0.3 is 5.11 Å². The Hall–Kier alpha value is -1.01. The minimum absolute atomic E-state index is 0.0928. The van der Waals surface area contributed by atoms with Crippen LogP contribution in [0, 0.1) is 12.6 Å². The highest BCUT2D eigenvalue weighted by atomic mass is 32.2. The molecule has 0 aromatic carbocycles. The van der Waals surface area contributed by atoms with Gasteiger partial charge in [-0.3, -0.25) is 4.31 Å². The van der Waals surface area contributed by atoms with Crippen LogP contribution in [0.2, 0.25) is 0 Å². The van der Waals surface area contributed by atoms with Crippen LogP contribution in [0.3, 0.4) is 0 Å². The minimum Gasteiger partial charge on any atom is -0.476 e. The number of hydrogen-bond acceptors (Lipinski definition) is 5. The Morgan fingerprint density at radius 3 is 3.07 bits per heavy atom. The van der Waals surface area contributed by atoms with Gasteiger partial charge in [0, 0.05) is 4.91 Å². The Bertz CT molecular complexity index is 400. The lowest BCUT2D eigenvalue weighted by Crippen LogP contribution is -2.08. The van der Waals surface area contributed by atoms with Gasteiger partial charge in [0.25, 0.3) is 0 Å². The molecule has 4 nitrogen and oxygen atoms in total. The van der Waals surface area contributed by atoms with Gasteiger partial charge in [-0.1, -0.05) is 0 Å². The molecule has 14 heavy (non-hydrogen) atoms. The van der Waals surface area contributed by atoms with Crippen molar-refractivity contribution in [2.24, 2.45) is 0 Å². The van der Waals surface area contributed by atoms with Gasteiger partial charge in [-0.15, -0.1) is 11.3 Å². The second kappa shape index (κ2) is 3.62. The molecule has 0 atom stereocenters. The van der Waals surface area contributed by atoms with Crippen molar-refractivity contribution in [2.45, 2.75) is 6.92 Å². The number of carbonyl (C=O) groups is 1. The van der Waals surface area contributed by atoms with Crippen LogP contribution >= 0.6 is 23.3 Å². The van der Waals surface area contributed by atoms with Crippen LogP contribution in [0.5, 0.6) is 0 Å². The fraction of sp³-hybridized carbons (Fsp3) is 0.125. The average molecular weight is 226 g/mol. The molecule has 0 spiro atoms. The molecule has 0 aliphatic carbocycles. The third kappa shape index (κ3) is 1.62. The maximum Gasteiger partial charge on any atom is 0.357 e. The summed E-state index contributed by atoms with van der Waals surface area (Å²) in [6, 6.07) is 0. The quantitative estimate of drug-likeness (QED) is 0.783. The molecule has 1 N–H and O–H groups in total. The zero-order valence-electron chi connectivity index (χ0n) is 7.22. The minimum atomic E-state index is -1.00. The molecule has 2 rings (SSSR count). The van der Waals surface area contributed by atoms with Crippen molar-refractivity contribution in [3.63, 3.8) is 0 Å². The Labute approximate surface area is 89.4 Å². The molecule has 1 aromatic heterocycles. The lowest BCUT2D eigenvalue weighted by atomic mass is 10.4. The number of rotatable bonds is 2. The monoisotopic (exact) mass is 226 g/mol. The molecule has 0 saturated heterocycles. The number of nitrogens with zero attached hydrogens (tertiary/aromatic N) is 2. The Morgan fingerprint density at radius 2 is 2.50 bits per heavy atom. The van der Waals surface area contributed by atoms with Gasteiger partial charge in [-0.05, 0) is 24.9 Å². The third-order valence-electron chi connectivity index (χ3n) is 1.57. The Morgan fingerprint density at radius 1 is 1.71 bits per heavy atom. The van der Waals surface area contributed by atoms with Crippen LogP contribution in [0.15, 0.2) is 10.4 Å². The largest absolute Gasteiger partial charge is 0.476 e. The fourth-order valence-electron chi connectivity index (χ4n) is 0.993. The van der Waals surface area contributed by atoms with Crippen LogP contribution < -0.4 is 4.31 Å². The number of thiazole rings is 1. The van der Waals surface area contributed by atoms with Crippen LogP contribution in [-0.2, 0) is 0 Å².